The van der Waals surface area contributed by atoms with E-state index in [4.69, 9.17) is 11.6 Å². The Kier molecular flexibility index (Phi) is 5.78. The third kappa shape index (κ3) is 4.21. The molecule has 0 saturated carbocycles. The van der Waals surface area contributed by atoms with E-state index in [1.165, 1.54) is 0 Å². The van der Waals surface area contributed by atoms with Gasteiger partial charge in [-0.05, 0) is 51.8 Å². The minimum atomic E-state index is -1.15. The maximum atomic E-state index is 12.4. The molecule has 0 aliphatic rings. The molecule has 2 N–H and O–H groups in total. The summed E-state index contributed by atoms with van der Waals surface area (Å²) in [7, 11) is 0. The summed E-state index contributed by atoms with van der Waals surface area (Å²) in [6, 6.07) is 5.32. The molecule has 1 atom stereocenters. The third-order valence-corrected chi connectivity index (χ3v) is 4.05. The minimum absolute atomic E-state index is 0.0393. The van der Waals surface area contributed by atoms with Crippen LogP contribution in [-0.2, 0) is 9.59 Å². The van der Waals surface area contributed by atoms with Crippen molar-refractivity contribution in [2.75, 3.05) is 5.32 Å². The number of amides is 2. The van der Waals surface area contributed by atoms with E-state index in [0.29, 0.717) is 10.7 Å². The highest BCUT2D eigenvalue weighted by molar-refractivity contribution is 6.31. The first-order valence-corrected chi connectivity index (χ1v) is 7.45. The maximum Gasteiger partial charge on any atom is 0.239 e. The number of halogens is 1. The molecule has 21 heavy (non-hydrogen) atoms. The molecular weight excluding hydrogens is 288 g/mol. The Bertz CT molecular complexity index is 541. The van der Waals surface area contributed by atoms with Crippen LogP contribution >= 0.6 is 11.6 Å². The first-order chi connectivity index (χ1) is 9.70. The van der Waals surface area contributed by atoms with Crippen molar-refractivity contribution in [3.05, 3.63) is 28.8 Å². The number of hydrogen-bond acceptors (Lipinski definition) is 2. The minimum Gasteiger partial charge on any atom is -0.353 e. The molecule has 1 aromatic carbocycles. The van der Waals surface area contributed by atoms with E-state index in [1.807, 2.05) is 20.8 Å². The number of hydrogen-bond donors (Lipinski definition) is 2. The summed E-state index contributed by atoms with van der Waals surface area (Å²) in [5.41, 5.74) is 0.251. The van der Waals surface area contributed by atoms with E-state index < -0.39 is 5.41 Å². The largest absolute Gasteiger partial charge is 0.353 e. The summed E-state index contributed by atoms with van der Waals surface area (Å²) in [5, 5.41) is 6.19. The van der Waals surface area contributed by atoms with Gasteiger partial charge in [-0.2, -0.15) is 0 Å². The van der Waals surface area contributed by atoms with Crippen LogP contribution in [0.25, 0.3) is 0 Å². The number of nitrogens with one attached hydrogen (secondary N) is 2. The van der Waals surface area contributed by atoms with Crippen molar-refractivity contribution in [3.63, 3.8) is 0 Å². The second-order valence-corrected chi connectivity index (χ2v) is 6.18. The SMILES string of the molecule is CCC(C)NC(=O)C(C)(C)C(=O)Nc1cccc(Cl)c1C. The van der Waals surface area contributed by atoms with E-state index in [1.54, 1.807) is 32.0 Å². The molecule has 0 aliphatic carbocycles. The van der Waals surface area contributed by atoms with Gasteiger partial charge in [0.2, 0.25) is 11.8 Å². The lowest BCUT2D eigenvalue weighted by molar-refractivity contribution is -0.138. The Labute approximate surface area is 131 Å². The van der Waals surface area contributed by atoms with Gasteiger partial charge in [0.05, 0.1) is 0 Å². The van der Waals surface area contributed by atoms with Gasteiger partial charge in [0.1, 0.15) is 5.41 Å². The van der Waals surface area contributed by atoms with Crippen LogP contribution in [0, 0.1) is 12.3 Å². The monoisotopic (exact) mass is 310 g/mol. The summed E-state index contributed by atoms with van der Waals surface area (Å²) in [6.07, 6.45) is 0.816. The fraction of sp³-hybridized carbons (Fsp3) is 0.500. The standard InChI is InChI=1S/C16H23ClN2O2/c1-6-10(2)18-14(20)16(4,5)15(21)19-13-9-7-8-12(17)11(13)3/h7-10H,6H2,1-5H3,(H,18,20)(H,19,21). The highest BCUT2D eigenvalue weighted by Gasteiger charge is 2.36. The predicted octanol–water partition coefficient (Wildman–Crippen LogP) is 3.53. The Balaban J connectivity index is 2.86. The average molecular weight is 311 g/mol. The molecule has 0 spiro atoms. The molecule has 0 heterocycles. The molecule has 1 aromatic rings. The number of benzene rings is 1. The van der Waals surface area contributed by atoms with E-state index in [9.17, 15) is 9.59 Å². The van der Waals surface area contributed by atoms with E-state index >= 15 is 0 Å². The lowest BCUT2D eigenvalue weighted by Crippen LogP contribution is -2.47. The fourth-order valence-electron chi connectivity index (χ4n) is 1.63. The maximum absolute atomic E-state index is 12.4. The summed E-state index contributed by atoms with van der Waals surface area (Å²) < 4.78 is 0. The highest BCUT2D eigenvalue weighted by atomic mass is 35.5. The van der Waals surface area contributed by atoms with Gasteiger partial charge in [0, 0.05) is 16.8 Å². The molecule has 0 aliphatic heterocycles. The van der Waals surface area contributed by atoms with E-state index in [-0.39, 0.29) is 17.9 Å². The number of carbonyl (C=O) groups excluding carboxylic acids is 2. The van der Waals surface area contributed by atoms with Crippen LogP contribution in [0.5, 0.6) is 0 Å². The second kappa shape index (κ2) is 6.94. The lowest BCUT2D eigenvalue weighted by atomic mass is 9.90. The zero-order valence-electron chi connectivity index (χ0n) is 13.2. The molecule has 0 fully saturated rings. The fourth-order valence-corrected chi connectivity index (χ4v) is 1.81. The zero-order valence-corrected chi connectivity index (χ0v) is 14.0. The molecule has 4 nitrogen and oxygen atoms in total. The van der Waals surface area contributed by atoms with Crippen LogP contribution < -0.4 is 10.6 Å². The van der Waals surface area contributed by atoms with Crippen LogP contribution in [0.3, 0.4) is 0 Å². The van der Waals surface area contributed by atoms with Crippen molar-refractivity contribution in [3.8, 4) is 0 Å². The van der Waals surface area contributed by atoms with Gasteiger partial charge in [-0.15, -0.1) is 0 Å². The van der Waals surface area contributed by atoms with Gasteiger partial charge < -0.3 is 10.6 Å². The zero-order chi connectivity index (χ0) is 16.2. The van der Waals surface area contributed by atoms with Crippen molar-refractivity contribution in [1.82, 2.24) is 5.32 Å². The van der Waals surface area contributed by atoms with Gasteiger partial charge in [-0.25, -0.2) is 0 Å². The molecular formula is C16H23ClN2O2. The Hall–Kier alpha value is -1.55. The summed E-state index contributed by atoms with van der Waals surface area (Å²) in [6.45, 7) is 8.93. The van der Waals surface area contributed by atoms with Gasteiger partial charge >= 0.3 is 0 Å². The second-order valence-electron chi connectivity index (χ2n) is 5.77. The van der Waals surface area contributed by atoms with Crippen molar-refractivity contribution in [2.45, 2.75) is 47.1 Å². The van der Waals surface area contributed by atoms with Crippen LogP contribution in [0.15, 0.2) is 18.2 Å². The summed E-state index contributed by atoms with van der Waals surface area (Å²) in [5.74, 6) is -0.636. The van der Waals surface area contributed by atoms with Gasteiger partial charge in [0.15, 0.2) is 0 Å². The van der Waals surface area contributed by atoms with Crippen LogP contribution in [0.2, 0.25) is 5.02 Å². The van der Waals surface area contributed by atoms with Crippen molar-refractivity contribution < 1.29 is 9.59 Å². The molecule has 5 heteroatoms. The third-order valence-electron chi connectivity index (χ3n) is 3.64. The molecule has 1 unspecified atom stereocenters. The number of rotatable bonds is 5. The first-order valence-electron chi connectivity index (χ1n) is 7.07. The van der Waals surface area contributed by atoms with Crippen molar-refractivity contribution >= 4 is 29.1 Å². The molecule has 116 valence electrons. The van der Waals surface area contributed by atoms with E-state index in [0.717, 1.165) is 12.0 Å². The molecule has 0 aromatic heterocycles. The predicted molar refractivity (Wildman–Crippen MR) is 86.5 cm³/mol. The normalized spacial score (nSPS) is 12.7. The van der Waals surface area contributed by atoms with Crippen LogP contribution in [0.1, 0.15) is 39.7 Å². The topological polar surface area (TPSA) is 58.2 Å². The van der Waals surface area contributed by atoms with Gasteiger partial charge in [-0.1, -0.05) is 24.6 Å². The molecule has 1 rings (SSSR count). The Morgan fingerprint density at radius 3 is 2.48 bits per heavy atom. The summed E-state index contributed by atoms with van der Waals surface area (Å²) >= 11 is 6.03. The van der Waals surface area contributed by atoms with Crippen LogP contribution in [-0.4, -0.2) is 17.9 Å². The van der Waals surface area contributed by atoms with E-state index in [2.05, 4.69) is 10.6 Å². The quantitative estimate of drug-likeness (QED) is 0.817. The number of carbonyl (C=O) groups is 2. The molecule has 2 amide bonds. The lowest BCUT2D eigenvalue weighted by Gasteiger charge is -2.25. The molecule has 0 radical (unpaired) electrons. The summed E-state index contributed by atoms with van der Waals surface area (Å²) in [4.78, 5) is 24.6. The highest BCUT2D eigenvalue weighted by Crippen LogP contribution is 2.25. The number of anilines is 1. The Morgan fingerprint density at radius 2 is 1.90 bits per heavy atom. The van der Waals surface area contributed by atoms with Crippen molar-refractivity contribution in [1.29, 1.82) is 0 Å². The average Bonchev–Trinajstić information content (AvgIpc) is 2.43. The van der Waals surface area contributed by atoms with Gasteiger partial charge in [0.25, 0.3) is 0 Å². The smallest absolute Gasteiger partial charge is 0.239 e. The molecule has 0 saturated heterocycles. The first kappa shape index (κ1) is 17.5. The molecule has 0 bridgehead atoms. The van der Waals surface area contributed by atoms with Gasteiger partial charge in [-0.3, -0.25) is 9.59 Å². The Morgan fingerprint density at radius 1 is 1.29 bits per heavy atom. The van der Waals surface area contributed by atoms with Crippen molar-refractivity contribution in [2.24, 2.45) is 5.41 Å². The van der Waals surface area contributed by atoms with Crippen LogP contribution in [0.4, 0.5) is 5.69 Å².